The first-order valence-corrected chi connectivity index (χ1v) is 10.3. The molecule has 1 unspecified atom stereocenters. The number of hydrazine groups is 1. The molecule has 1 aromatic heterocycles. The molecular weight excluding hydrogens is 398 g/mol. The van der Waals surface area contributed by atoms with Gasteiger partial charge in [0.25, 0.3) is 0 Å². The van der Waals surface area contributed by atoms with Crippen LogP contribution in [0.1, 0.15) is 24.4 Å². The third-order valence-electron chi connectivity index (χ3n) is 5.43. The van der Waals surface area contributed by atoms with Crippen molar-refractivity contribution in [3.63, 3.8) is 0 Å². The van der Waals surface area contributed by atoms with E-state index in [-0.39, 0.29) is 6.04 Å². The van der Waals surface area contributed by atoms with Crippen LogP contribution in [0.5, 0.6) is 0 Å². The number of nitrogens with one attached hydrogen (secondary N) is 1. The quantitative estimate of drug-likeness (QED) is 0.394. The van der Waals surface area contributed by atoms with E-state index in [1.54, 1.807) is 11.3 Å². The van der Waals surface area contributed by atoms with Gasteiger partial charge in [-0.2, -0.15) is 0 Å². The summed E-state index contributed by atoms with van der Waals surface area (Å²) in [6, 6.07) is 13.9. The highest BCUT2D eigenvalue weighted by atomic mass is 35.5. The first-order valence-electron chi connectivity index (χ1n) is 9.89. The van der Waals surface area contributed by atoms with Crippen molar-refractivity contribution in [1.29, 1.82) is 0 Å². The van der Waals surface area contributed by atoms with E-state index >= 15 is 0 Å². The van der Waals surface area contributed by atoms with E-state index in [2.05, 4.69) is 26.3 Å². The van der Waals surface area contributed by atoms with E-state index in [0.29, 0.717) is 16.8 Å². The Morgan fingerprint density at radius 3 is 2.70 bits per heavy atom. The van der Waals surface area contributed by atoms with Crippen molar-refractivity contribution in [2.24, 2.45) is 11.6 Å². The average molecular weight is 424 g/mol. The number of benzene rings is 2. The summed E-state index contributed by atoms with van der Waals surface area (Å²) in [6.45, 7) is 0. The fourth-order valence-electron chi connectivity index (χ4n) is 3.64. The second-order valence-corrected chi connectivity index (χ2v) is 7.92. The normalized spacial score (nSPS) is 15.1. The Bertz CT molecular complexity index is 1080. The van der Waals surface area contributed by atoms with Crippen molar-refractivity contribution in [3.8, 4) is 0 Å². The lowest BCUT2D eigenvalue weighted by atomic mass is 10.0. The first kappa shape index (κ1) is 20.3. The van der Waals surface area contributed by atoms with E-state index in [4.69, 9.17) is 23.2 Å². The van der Waals surface area contributed by atoms with Gasteiger partial charge in [-0.1, -0.05) is 29.8 Å². The number of nitrogens with two attached hydrogens (primary N) is 2. The number of fused-ring (bicyclic) bond motifs is 1. The third kappa shape index (κ3) is 3.99. The molecule has 1 fully saturated rings. The summed E-state index contributed by atoms with van der Waals surface area (Å²) in [7, 11) is 3.84. The van der Waals surface area contributed by atoms with Gasteiger partial charge in [-0.15, -0.1) is 0 Å². The maximum absolute atomic E-state index is 6.59. The molecular formula is C22H26ClN7. The average Bonchev–Trinajstić information content (AvgIpc) is 3.60. The van der Waals surface area contributed by atoms with Crippen LogP contribution in [0.4, 0.5) is 11.5 Å². The fraction of sp³-hybridized carbons (Fsp3) is 0.273. The van der Waals surface area contributed by atoms with Gasteiger partial charge in [-0.3, -0.25) is 0 Å². The molecule has 1 aliphatic carbocycles. The van der Waals surface area contributed by atoms with E-state index in [1.165, 1.54) is 0 Å². The van der Waals surface area contributed by atoms with E-state index in [9.17, 15) is 0 Å². The van der Waals surface area contributed by atoms with E-state index in [1.807, 2.05) is 56.7 Å². The molecule has 0 amide bonds. The Kier molecular flexibility index (Phi) is 5.65. The molecule has 1 atom stereocenters. The van der Waals surface area contributed by atoms with Crippen molar-refractivity contribution in [3.05, 3.63) is 71.3 Å². The molecule has 0 bridgehead atoms. The Labute approximate surface area is 181 Å². The van der Waals surface area contributed by atoms with Gasteiger partial charge in [0.05, 0.1) is 17.3 Å². The maximum Gasteiger partial charge on any atom is 0.137 e. The minimum absolute atomic E-state index is 0.288. The zero-order valence-electron chi connectivity index (χ0n) is 17.1. The predicted octanol–water partition coefficient (Wildman–Crippen LogP) is 3.64. The third-order valence-corrected chi connectivity index (χ3v) is 5.78. The molecule has 1 saturated carbocycles. The van der Waals surface area contributed by atoms with Gasteiger partial charge >= 0.3 is 0 Å². The van der Waals surface area contributed by atoms with Gasteiger partial charge in [0.1, 0.15) is 12.1 Å². The summed E-state index contributed by atoms with van der Waals surface area (Å²) in [4.78, 5) is 10.8. The number of hydrogen-bond acceptors (Lipinski definition) is 7. The highest BCUT2D eigenvalue weighted by Crippen LogP contribution is 2.36. The zero-order chi connectivity index (χ0) is 21.3. The number of anilines is 2. The summed E-state index contributed by atoms with van der Waals surface area (Å²) in [5.74, 6) is 6.96. The summed E-state index contributed by atoms with van der Waals surface area (Å²) in [5, 5.41) is 6.42. The fourth-order valence-corrected chi connectivity index (χ4v) is 3.88. The van der Waals surface area contributed by atoms with Gasteiger partial charge < -0.3 is 21.0 Å². The van der Waals surface area contributed by atoms with Gasteiger partial charge in [-0.25, -0.2) is 15.8 Å². The highest BCUT2D eigenvalue weighted by Gasteiger charge is 2.28. The molecule has 5 N–H and O–H groups in total. The Morgan fingerprint density at radius 1 is 1.23 bits per heavy atom. The Balaban J connectivity index is 1.78. The van der Waals surface area contributed by atoms with Crippen LogP contribution in [0.2, 0.25) is 5.02 Å². The summed E-state index contributed by atoms with van der Waals surface area (Å²) >= 11 is 6.56. The standard InChI is InChI=1S/C22H26ClN7/c1-26-22-17-11-15(9-10-20(17)27-13-28-22)29(2)21(16-5-3-4-6-18(16)23)19(24)12-30(25)14-7-8-14/h3-6,9-14,21H,7-8,24-25H2,1-2H3,(H,26,27,28)/b19-12-. The molecule has 7 nitrogen and oxygen atoms in total. The Morgan fingerprint density at radius 2 is 2.00 bits per heavy atom. The van der Waals surface area contributed by atoms with E-state index in [0.717, 1.165) is 40.8 Å². The molecule has 2 aromatic carbocycles. The molecule has 0 spiro atoms. The van der Waals surface area contributed by atoms with E-state index < -0.39 is 0 Å². The predicted molar refractivity (Wildman–Crippen MR) is 123 cm³/mol. The van der Waals surface area contributed by atoms with Crippen molar-refractivity contribution in [2.45, 2.75) is 24.9 Å². The van der Waals surface area contributed by atoms with Crippen molar-refractivity contribution >= 4 is 34.0 Å². The molecule has 1 heterocycles. The van der Waals surface area contributed by atoms with Gasteiger partial charge in [-0.05, 0) is 42.7 Å². The number of halogens is 1. The molecule has 0 radical (unpaired) electrons. The first-order chi connectivity index (χ1) is 14.5. The van der Waals surface area contributed by atoms with Crippen LogP contribution in [-0.2, 0) is 0 Å². The van der Waals surface area contributed by atoms with Gasteiger partial charge in [0.2, 0.25) is 0 Å². The minimum atomic E-state index is -0.288. The second-order valence-electron chi connectivity index (χ2n) is 7.52. The van der Waals surface area contributed by atoms with Gasteiger partial charge in [0, 0.05) is 42.4 Å². The SMILES string of the molecule is CNc1ncnc2ccc(N(C)C(/C(N)=C/N(N)C3CC3)c3ccccc3Cl)cc12. The lowest BCUT2D eigenvalue weighted by Gasteiger charge is -2.32. The lowest BCUT2D eigenvalue weighted by Crippen LogP contribution is -2.34. The highest BCUT2D eigenvalue weighted by molar-refractivity contribution is 6.31. The molecule has 0 saturated heterocycles. The summed E-state index contributed by atoms with van der Waals surface area (Å²) in [5.41, 5.74) is 9.96. The molecule has 8 heteroatoms. The van der Waals surface area contributed by atoms with Crippen molar-refractivity contribution in [2.75, 3.05) is 24.3 Å². The van der Waals surface area contributed by atoms with Crippen LogP contribution >= 0.6 is 11.6 Å². The van der Waals surface area contributed by atoms with Crippen LogP contribution in [0.25, 0.3) is 10.9 Å². The molecule has 30 heavy (non-hydrogen) atoms. The largest absolute Gasteiger partial charge is 0.399 e. The molecule has 1 aliphatic rings. The van der Waals surface area contributed by atoms with Crippen LogP contribution in [0.3, 0.4) is 0 Å². The number of nitrogens with zero attached hydrogens (tertiary/aromatic N) is 4. The van der Waals surface area contributed by atoms with Crippen LogP contribution < -0.4 is 21.8 Å². The molecule has 4 rings (SSSR count). The van der Waals surface area contributed by atoms with Crippen molar-refractivity contribution < 1.29 is 0 Å². The lowest BCUT2D eigenvalue weighted by molar-refractivity contribution is 0.377. The summed E-state index contributed by atoms with van der Waals surface area (Å²) in [6.07, 6.45) is 5.55. The number of rotatable bonds is 7. The number of hydrogen-bond donors (Lipinski definition) is 3. The number of aromatic nitrogens is 2. The van der Waals surface area contributed by atoms with Crippen LogP contribution in [0.15, 0.2) is 60.7 Å². The second kappa shape index (κ2) is 8.38. The summed E-state index contributed by atoms with van der Waals surface area (Å²) < 4.78 is 0. The minimum Gasteiger partial charge on any atom is -0.399 e. The maximum atomic E-state index is 6.59. The Hall–Kier alpha value is -3.03. The zero-order valence-corrected chi connectivity index (χ0v) is 17.8. The van der Waals surface area contributed by atoms with Crippen LogP contribution in [0, 0.1) is 0 Å². The smallest absolute Gasteiger partial charge is 0.137 e. The topological polar surface area (TPSA) is 96.3 Å². The monoisotopic (exact) mass is 423 g/mol. The van der Waals surface area contributed by atoms with Crippen molar-refractivity contribution in [1.82, 2.24) is 15.0 Å². The van der Waals surface area contributed by atoms with Crippen LogP contribution in [-0.4, -0.2) is 35.1 Å². The molecule has 0 aliphatic heterocycles. The number of likely N-dealkylation sites (N-methyl/N-ethyl adjacent to an activating group) is 1. The van der Waals surface area contributed by atoms with Gasteiger partial charge in [0.15, 0.2) is 0 Å². The molecule has 156 valence electrons. The molecule has 3 aromatic rings.